The third kappa shape index (κ3) is 2.42. The number of nitrogens with zero attached hydrogens (tertiary/aromatic N) is 1. The van der Waals surface area contributed by atoms with Gasteiger partial charge in [-0.05, 0) is 68.0 Å². The van der Waals surface area contributed by atoms with E-state index in [0.717, 1.165) is 23.0 Å². The van der Waals surface area contributed by atoms with Crippen molar-refractivity contribution in [2.75, 3.05) is 4.90 Å². The van der Waals surface area contributed by atoms with Gasteiger partial charge in [-0.1, -0.05) is 103 Å². The van der Waals surface area contributed by atoms with Crippen LogP contribution in [0.25, 0.3) is 0 Å². The quantitative estimate of drug-likeness (QED) is 0.303. The van der Waals surface area contributed by atoms with Crippen LogP contribution in [0.4, 0.5) is 17.1 Å². The molecule has 0 atom stereocenters. The van der Waals surface area contributed by atoms with Crippen molar-refractivity contribution in [3.8, 4) is 23.0 Å². The van der Waals surface area contributed by atoms with Gasteiger partial charge >= 0.3 is 0 Å². The van der Waals surface area contributed by atoms with Crippen molar-refractivity contribution in [2.45, 2.75) is 0 Å². The fourth-order valence-corrected chi connectivity index (χ4v) is 8.54. The van der Waals surface area contributed by atoms with Crippen molar-refractivity contribution >= 4 is 86.4 Å². The van der Waals surface area contributed by atoms with Crippen molar-refractivity contribution < 1.29 is 9.47 Å². The summed E-state index contributed by atoms with van der Waals surface area (Å²) in [6, 6.07) is 44.1. The molecule has 6 heteroatoms. The van der Waals surface area contributed by atoms with Crippen molar-refractivity contribution in [1.82, 2.24) is 0 Å². The molecular weight excluding hydrogens is 511 g/mol. The highest BCUT2D eigenvalue weighted by molar-refractivity contribution is 7.07. The Kier molecular flexibility index (Phi) is 3.81. The third-order valence-electron chi connectivity index (χ3n) is 10.0. The molecule has 11 rings (SSSR count). The smallest absolute Gasteiger partial charge is 0.256 e. The van der Waals surface area contributed by atoms with Gasteiger partial charge in [0.25, 0.3) is 13.4 Å². The Bertz CT molecular complexity index is 2070. The van der Waals surface area contributed by atoms with Crippen molar-refractivity contribution in [3.63, 3.8) is 0 Å². The molecule has 6 aromatic rings. The normalized spacial score (nSPS) is 14.9. The molecule has 190 valence electrons. The van der Waals surface area contributed by atoms with E-state index in [9.17, 15) is 0 Å². The zero-order valence-electron chi connectivity index (χ0n) is 22.5. The third-order valence-corrected chi connectivity index (χ3v) is 10.0. The van der Waals surface area contributed by atoms with Crippen molar-refractivity contribution in [3.05, 3.63) is 121 Å². The highest BCUT2D eigenvalue weighted by Gasteiger charge is 2.53. The van der Waals surface area contributed by atoms with Gasteiger partial charge in [-0.15, -0.1) is 0 Å². The second-order valence-electron chi connectivity index (χ2n) is 11.9. The largest absolute Gasteiger partial charge is 0.458 e. The number of anilines is 3. The Morgan fingerprint density at radius 1 is 0.357 bits per heavy atom. The average molecular weight is 531 g/mol. The summed E-state index contributed by atoms with van der Waals surface area (Å²) in [6.07, 6.45) is 0. The summed E-state index contributed by atoms with van der Waals surface area (Å²) in [5.41, 5.74) is 15.6. The summed E-state index contributed by atoms with van der Waals surface area (Å²) in [4.78, 5) is 2.58. The van der Waals surface area contributed by atoms with Gasteiger partial charge in [0.2, 0.25) is 6.71 Å². The number of rotatable bonds is 1. The number of fused-ring (bicyclic) bond motifs is 6. The highest BCUT2D eigenvalue weighted by atomic mass is 16.5. The minimum Gasteiger partial charge on any atom is -0.458 e. The maximum atomic E-state index is 6.66. The molecule has 0 aromatic heterocycles. The first-order valence-electron chi connectivity index (χ1n) is 14.7. The van der Waals surface area contributed by atoms with Crippen molar-refractivity contribution in [1.29, 1.82) is 0 Å². The first kappa shape index (κ1) is 21.6. The summed E-state index contributed by atoms with van der Waals surface area (Å²) in [6.45, 7) is 0.304. The summed E-state index contributed by atoms with van der Waals surface area (Å²) < 4.78 is 13.3. The van der Waals surface area contributed by atoms with Crippen LogP contribution in [0.1, 0.15) is 0 Å². The summed E-state index contributed by atoms with van der Waals surface area (Å²) >= 11 is 0. The first-order valence-corrected chi connectivity index (χ1v) is 14.7. The summed E-state index contributed by atoms with van der Waals surface area (Å²) in [5.74, 6) is 3.81. The van der Waals surface area contributed by atoms with Crippen LogP contribution >= 0.6 is 0 Å². The lowest BCUT2D eigenvalue weighted by Crippen LogP contribution is -2.72. The van der Waals surface area contributed by atoms with E-state index in [2.05, 4.69) is 126 Å². The maximum absolute atomic E-state index is 6.66. The number of hydrogen-bond acceptors (Lipinski definition) is 3. The summed E-state index contributed by atoms with van der Waals surface area (Å²) in [5, 5.41) is 0. The average Bonchev–Trinajstić information content (AvgIpc) is 3.05. The molecule has 6 aromatic carbocycles. The number of benzene rings is 6. The molecule has 0 saturated heterocycles. The van der Waals surface area contributed by atoms with Crippen LogP contribution in [-0.4, -0.2) is 20.1 Å². The van der Waals surface area contributed by atoms with Crippen LogP contribution in [0.15, 0.2) is 121 Å². The molecule has 0 N–H and O–H groups in total. The zero-order valence-corrected chi connectivity index (χ0v) is 22.5. The van der Waals surface area contributed by atoms with Crippen LogP contribution in [0.3, 0.4) is 0 Å². The molecular formula is C36H20B3NO2. The number of para-hydroxylation sites is 3. The predicted octanol–water partition coefficient (Wildman–Crippen LogP) is 1.86. The van der Waals surface area contributed by atoms with Gasteiger partial charge in [0, 0.05) is 17.1 Å². The Hall–Kier alpha value is -5.09. The molecule has 42 heavy (non-hydrogen) atoms. The molecule has 0 saturated carbocycles. The molecule has 0 fully saturated rings. The fourth-order valence-electron chi connectivity index (χ4n) is 8.54. The standard InChI is InChI=1S/C36H20B3NO2/c1-2-9-21(10-3-1)37-26-17-19-30-32-35(26)40-34-24(38(32)22-11-4-6-15-28(22)41-30)13-8-14-25(34)39-23-12-5-7-16-29(23)42-31-20-18-27(37)36(40)33(31)39/h1-20H. The molecule has 5 aliphatic rings. The topological polar surface area (TPSA) is 21.7 Å². The van der Waals surface area contributed by atoms with E-state index in [-0.39, 0.29) is 20.1 Å². The lowest BCUT2D eigenvalue weighted by Gasteiger charge is -2.50. The van der Waals surface area contributed by atoms with E-state index >= 15 is 0 Å². The Labute approximate surface area is 244 Å². The Morgan fingerprint density at radius 3 is 1.40 bits per heavy atom. The second kappa shape index (κ2) is 7.40. The van der Waals surface area contributed by atoms with Gasteiger partial charge in [0.05, 0.1) is 0 Å². The molecule has 0 amide bonds. The molecule has 5 heterocycles. The lowest BCUT2D eigenvalue weighted by atomic mass is 9.26. The molecule has 5 aliphatic heterocycles. The van der Waals surface area contributed by atoms with E-state index in [4.69, 9.17) is 9.47 Å². The number of hydrogen-bond donors (Lipinski definition) is 0. The van der Waals surface area contributed by atoms with Gasteiger partial charge in [0.15, 0.2) is 0 Å². The number of ether oxygens (including phenoxy) is 2. The van der Waals surface area contributed by atoms with Gasteiger partial charge < -0.3 is 14.4 Å². The zero-order chi connectivity index (χ0) is 27.1. The lowest BCUT2D eigenvalue weighted by molar-refractivity contribution is 0.487. The molecule has 0 bridgehead atoms. The van der Waals surface area contributed by atoms with E-state index < -0.39 is 0 Å². The summed E-state index contributed by atoms with van der Waals surface area (Å²) in [7, 11) is 0. The van der Waals surface area contributed by atoms with Gasteiger partial charge in [-0.2, -0.15) is 0 Å². The minimum atomic E-state index is 0.101. The SMILES string of the molecule is c1ccc(B2c3ccc4c5c3N3c6c(cccc6B6c7ccccc7Oc7ccc2c3c76)B5c2ccccc2O4)cc1. The highest BCUT2D eigenvalue weighted by Crippen LogP contribution is 2.44. The predicted molar refractivity (Wildman–Crippen MR) is 175 cm³/mol. The molecule has 0 unspecified atom stereocenters. The van der Waals surface area contributed by atoms with E-state index in [1.165, 1.54) is 66.2 Å². The fraction of sp³-hybridized carbons (Fsp3) is 0. The maximum Gasteiger partial charge on any atom is 0.256 e. The van der Waals surface area contributed by atoms with Gasteiger partial charge in [0.1, 0.15) is 23.0 Å². The monoisotopic (exact) mass is 531 g/mol. The van der Waals surface area contributed by atoms with Crippen LogP contribution in [0.5, 0.6) is 23.0 Å². The van der Waals surface area contributed by atoms with Crippen LogP contribution in [0.2, 0.25) is 0 Å². The van der Waals surface area contributed by atoms with Crippen LogP contribution in [0, 0.1) is 0 Å². The first-order chi connectivity index (χ1) is 20.9. The van der Waals surface area contributed by atoms with Gasteiger partial charge in [-0.25, -0.2) is 0 Å². The Balaban J connectivity index is 1.33. The van der Waals surface area contributed by atoms with Crippen LogP contribution < -0.4 is 63.5 Å². The Morgan fingerprint density at radius 2 is 0.833 bits per heavy atom. The van der Waals surface area contributed by atoms with Gasteiger partial charge in [-0.3, -0.25) is 0 Å². The molecule has 0 radical (unpaired) electrons. The van der Waals surface area contributed by atoms with E-state index in [1.54, 1.807) is 0 Å². The molecule has 0 spiro atoms. The minimum absolute atomic E-state index is 0.101. The second-order valence-corrected chi connectivity index (χ2v) is 11.9. The van der Waals surface area contributed by atoms with Crippen molar-refractivity contribution in [2.24, 2.45) is 0 Å². The van der Waals surface area contributed by atoms with E-state index in [0.29, 0.717) is 0 Å². The molecule has 3 nitrogen and oxygen atoms in total. The van der Waals surface area contributed by atoms with E-state index in [1.807, 2.05) is 0 Å². The van der Waals surface area contributed by atoms with Crippen LogP contribution in [-0.2, 0) is 0 Å². The molecule has 0 aliphatic carbocycles.